The second-order valence-corrected chi connectivity index (χ2v) is 4.86. The normalized spacial score (nSPS) is 25.1. The van der Waals surface area contributed by atoms with Gasteiger partial charge >= 0.3 is 6.09 Å². The van der Waals surface area contributed by atoms with E-state index in [0.29, 0.717) is 12.0 Å². The fourth-order valence-electron chi connectivity index (χ4n) is 2.79. The van der Waals surface area contributed by atoms with Crippen LogP contribution in [0.3, 0.4) is 0 Å². The molecule has 0 aromatic rings. The van der Waals surface area contributed by atoms with Gasteiger partial charge in [-0.2, -0.15) is 0 Å². The summed E-state index contributed by atoms with van der Waals surface area (Å²) in [6.45, 7) is 6.46. The highest BCUT2D eigenvalue weighted by molar-refractivity contribution is 5.67. The molecule has 2 rings (SSSR count). The minimum absolute atomic E-state index is 0.139. The van der Waals surface area contributed by atoms with Gasteiger partial charge in [0.25, 0.3) is 0 Å². The van der Waals surface area contributed by atoms with Crippen molar-refractivity contribution in [3.63, 3.8) is 0 Å². The molecule has 15 heavy (non-hydrogen) atoms. The Labute approximate surface area is 91.2 Å². The highest BCUT2D eigenvalue weighted by atomic mass is 16.6. The molecule has 0 atom stereocenters. The standard InChI is InChI=1S/C11H20N2O2/c1-3-15-10(14)13-6-4-11(5-7-13)8-12(2)9-11/h3-9H2,1-2H3. The van der Waals surface area contributed by atoms with Crippen LogP contribution in [0.1, 0.15) is 19.8 Å². The molecule has 2 aliphatic rings. The molecule has 0 saturated carbocycles. The van der Waals surface area contributed by atoms with Gasteiger partial charge in [0.1, 0.15) is 0 Å². The van der Waals surface area contributed by atoms with E-state index in [1.807, 2.05) is 11.8 Å². The molecule has 2 heterocycles. The Hall–Kier alpha value is -0.770. The third-order valence-corrected chi connectivity index (χ3v) is 3.56. The Morgan fingerprint density at radius 1 is 1.33 bits per heavy atom. The van der Waals surface area contributed by atoms with E-state index in [4.69, 9.17) is 4.74 Å². The lowest BCUT2D eigenvalue weighted by atomic mass is 9.72. The molecule has 86 valence electrons. The topological polar surface area (TPSA) is 32.8 Å². The minimum Gasteiger partial charge on any atom is -0.450 e. The lowest BCUT2D eigenvalue weighted by Crippen LogP contribution is -2.59. The van der Waals surface area contributed by atoms with E-state index in [-0.39, 0.29) is 6.09 Å². The van der Waals surface area contributed by atoms with E-state index in [0.717, 1.165) is 25.9 Å². The summed E-state index contributed by atoms with van der Waals surface area (Å²) in [5, 5.41) is 0. The van der Waals surface area contributed by atoms with Gasteiger partial charge in [-0.1, -0.05) is 0 Å². The number of hydrogen-bond acceptors (Lipinski definition) is 3. The first kappa shape index (κ1) is 10.7. The summed E-state index contributed by atoms with van der Waals surface area (Å²) in [4.78, 5) is 15.7. The maximum Gasteiger partial charge on any atom is 0.409 e. The zero-order valence-corrected chi connectivity index (χ0v) is 9.66. The van der Waals surface area contributed by atoms with E-state index in [1.165, 1.54) is 13.1 Å². The number of carbonyl (C=O) groups is 1. The molecule has 0 N–H and O–H groups in total. The lowest BCUT2D eigenvalue weighted by Gasteiger charge is -2.52. The molecule has 0 aromatic heterocycles. The summed E-state index contributed by atoms with van der Waals surface area (Å²) in [6.07, 6.45) is 2.13. The second-order valence-electron chi connectivity index (χ2n) is 4.86. The van der Waals surface area contributed by atoms with E-state index in [1.54, 1.807) is 0 Å². The van der Waals surface area contributed by atoms with Crippen molar-refractivity contribution in [1.82, 2.24) is 9.80 Å². The molecule has 4 nitrogen and oxygen atoms in total. The van der Waals surface area contributed by atoms with Gasteiger partial charge in [-0.15, -0.1) is 0 Å². The third kappa shape index (κ3) is 2.09. The predicted octanol–water partition coefficient (Wildman–Crippen LogP) is 1.17. The first-order valence-electron chi connectivity index (χ1n) is 5.75. The molecule has 0 radical (unpaired) electrons. The van der Waals surface area contributed by atoms with Crippen LogP contribution in [0, 0.1) is 5.41 Å². The SMILES string of the molecule is CCOC(=O)N1CCC2(CC1)CN(C)C2. The largest absolute Gasteiger partial charge is 0.450 e. The van der Waals surface area contributed by atoms with Crippen LogP contribution in [0.15, 0.2) is 0 Å². The predicted molar refractivity (Wildman–Crippen MR) is 57.8 cm³/mol. The molecule has 0 bridgehead atoms. The Morgan fingerprint density at radius 3 is 2.40 bits per heavy atom. The Kier molecular flexibility index (Phi) is 2.87. The van der Waals surface area contributed by atoms with E-state index in [9.17, 15) is 4.79 Å². The number of nitrogens with zero attached hydrogens (tertiary/aromatic N) is 2. The van der Waals surface area contributed by atoms with Crippen LogP contribution < -0.4 is 0 Å². The van der Waals surface area contributed by atoms with Crippen molar-refractivity contribution < 1.29 is 9.53 Å². The van der Waals surface area contributed by atoms with Gasteiger partial charge in [0.05, 0.1) is 6.61 Å². The van der Waals surface area contributed by atoms with Gasteiger partial charge in [0.2, 0.25) is 0 Å². The summed E-state index contributed by atoms with van der Waals surface area (Å²) >= 11 is 0. The monoisotopic (exact) mass is 212 g/mol. The summed E-state index contributed by atoms with van der Waals surface area (Å²) in [5.74, 6) is 0. The fraction of sp³-hybridized carbons (Fsp3) is 0.909. The van der Waals surface area contributed by atoms with Crippen molar-refractivity contribution in [2.24, 2.45) is 5.41 Å². The van der Waals surface area contributed by atoms with Crippen LogP contribution in [0.5, 0.6) is 0 Å². The van der Waals surface area contributed by atoms with Gasteiger partial charge in [0, 0.05) is 26.2 Å². The molecule has 0 aliphatic carbocycles. The van der Waals surface area contributed by atoms with E-state index in [2.05, 4.69) is 11.9 Å². The van der Waals surface area contributed by atoms with Crippen LogP contribution in [0.2, 0.25) is 0 Å². The average molecular weight is 212 g/mol. The van der Waals surface area contributed by atoms with Crippen LogP contribution >= 0.6 is 0 Å². The number of ether oxygens (including phenoxy) is 1. The molecule has 2 fully saturated rings. The molecule has 1 spiro atoms. The highest BCUT2D eigenvalue weighted by Gasteiger charge is 2.43. The number of amides is 1. The Balaban J connectivity index is 1.79. The molecule has 2 saturated heterocycles. The van der Waals surface area contributed by atoms with Crippen LogP contribution in [0.25, 0.3) is 0 Å². The number of hydrogen-bond donors (Lipinski definition) is 0. The Bertz CT molecular complexity index is 239. The number of piperidine rings is 1. The van der Waals surface area contributed by atoms with Gasteiger partial charge < -0.3 is 14.5 Å². The van der Waals surface area contributed by atoms with Crippen molar-refractivity contribution in [2.45, 2.75) is 19.8 Å². The molecular formula is C11H20N2O2. The van der Waals surface area contributed by atoms with E-state index < -0.39 is 0 Å². The van der Waals surface area contributed by atoms with Gasteiger partial charge in [-0.25, -0.2) is 4.79 Å². The molecule has 4 heteroatoms. The quantitative estimate of drug-likeness (QED) is 0.654. The van der Waals surface area contributed by atoms with E-state index >= 15 is 0 Å². The van der Waals surface area contributed by atoms with Crippen LogP contribution in [-0.2, 0) is 4.74 Å². The summed E-state index contributed by atoms with van der Waals surface area (Å²) in [5.41, 5.74) is 0.512. The zero-order valence-electron chi connectivity index (χ0n) is 9.66. The summed E-state index contributed by atoms with van der Waals surface area (Å²) in [7, 11) is 2.16. The van der Waals surface area contributed by atoms with Crippen LogP contribution in [-0.4, -0.2) is 55.7 Å². The van der Waals surface area contributed by atoms with Crippen molar-refractivity contribution in [2.75, 3.05) is 39.8 Å². The van der Waals surface area contributed by atoms with Gasteiger partial charge in [-0.3, -0.25) is 0 Å². The molecule has 0 aromatic carbocycles. The highest BCUT2D eigenvalue weighted by Crippen LogP contribution is 2.39. The smallest absolute Gasteiger partial charge is 0.409 e. The number of likely N-dealkylation sites (tertiary alicyclic amines) is 2. The van der Waals surface area contributed by atoms with Crippen molar-refractivity contribution in [3.05, 3.63) is 0 Å². The maximum absolute atomic E-state index is 11.5. The number of carbonyl (C=O) groups excluding carboxylic acids is 1. The molecular weight excluding hydrogens is 192 g/mol. The molecule has 2 aliphatic heterocycles. The zero-order chi connectivity index (χ0) is 10.9. The fourth-order valence-corrected chi connectivity index (χ4v) is 2.79. The third-order valence-electron chi connectivity index (χ3n) is 3.56. The van der Waals surface area contributed by atoms with Crippen molar-refractivity contribution in [1.29, 1.82) is 0 Å². The molecule has 1 amide bonds. The van der Waals surface area contributed by atoms with Gasteiger partial charge in [-0.05, 0) is 32.2 Å². The first-order chi connectivity index (χ1) is 7.15. The second kappa shape index (κ2) is 4.00. The Morgan fingerprint density at radius 2 is 1.93 bits per heavy atom. The first-order valence-corrected chi connectivity index (χ1v) is 5.75. The molecule has 0 unspecified atom stereocenters. The lowest BCUT2D eigenvalue weighted by molar-refractivity contribution is -0.0298. The van der Waals surface area contributed by atoms with Gasteiger partial charge in [0.15, 0.2) is 0 Å². The van der Waals surface area contributed by atoms with Crippen molar-refractivity contribution in [3.8, 4) is 0 Å². The average Bonchev–Trinajstić information content (AvgIpc) is 2.17. The minimum atomic E-state index is -0.139. The number of rotatable bonds is 1. The summed E-state index contributed by atoms with van der Waals surface area (Å²) in [6, 6.07) is 0. The van der Waals surface area contributed by atoms with Crippen molar-refractivity contribution >= 4 is 6.09 Å². The maximum atomic E-state index is 11.5. The summed E-state index contributed by atoms with van der Waals surface area (Å²) < 4.78 is 5.00. The van der Waals surface area contributed by atoms with Crippen LogP contribution in [0.4, 0.5) is 4.79 Å².